The first-order valence-electron chi connectivity index (χ1n) is 11.1. The number of aromatic nitrogens is 2. The Bertz CT molecular complexity index is 1300. The van der Waals surface area contributed by atoms with E-state index in [9.17, 15) is 14.4 Å². The van der Waals surface area contributed by atoms with Gasteiger partial charge in [-0.15, -0.1) is 0 Å². The van der Waals surface area contributed by atoms with Gasteiger partial charge in [-0.2, -0.15) is 4.37 Å². The second-order valence-electron chi connectivity index (χ2n) is 9.06. The highest BCUT2D eigenvalue weighted by molar-refractivity contribution is 7.09. The molecule has 11 nitrogen and oxygen atoms in total. The van der Waals surface area contributed by atoms with E-state index in [1.807, 2.05) is 20.8 Å². The number of pyridine rings is 1. The number of nitrogens with one attached hydrogen (secondary N) is 1. The number of amides is 3. The lowest BCUT2D eigenvalue weighted by Gasteiger charge is -2.34. The Morgan fingerprint density at radius 3 is 2.36 bits per heavy atom. The molecular formula is C24H26N6O5S. The SMILES string of the molecule is CC(C)(C)NC(=O)C(c1ccncc1)N(C(=O)c1snc(C(N)=O)c1N)c1ccc2c(c1)OCCO2. The van der Waals surface area contributed by atoms with Crippen molar-refractivity contribution in [3.63, 3.8) is 0 Å². The fourth-order valence-electron chi connectivity index (χ4n) is 3.71. The standard InChI is InChI=1S/C24H26N6O5S/c1-24(2,3)28-22(32)19(13-6-8-27-9-7-13)30(14-4-5-15-16(12-14)35-11-10-34-15)23(33)20-17(25)18(21(26)31)29-36-20/h4-9,12,19H,10-11,25H2,1-3H3,(H2,26,31)(H,28,32). The van der Waals surface area contributed by atoms with Crippen LogP contribution in [-0.2, 0) is 4.79 Å². The van der Waals surface area contributed by atoms with Gasteiger partial charge < -0.3 is 26.3 Å². The second-order valence-corrected chi connectivity index (χ2v) is 9.84. The summed E-state index contributed by atoms with van der Waals surface area (Å²) in [5.74, 6) is -0.985. The molecule has 1 unspecified atom stereocenters. The van der Waals surface area contributed by atoms with Crippen LogP contribution < -0.4 is 31.2 Å². The Balaban J connectivity index is 1.90. The molecule has 12 heteroatoms. The minimum absolute atomic E-state index is 0.0266. The van der Waals surface area contributed by atoms with Crippen LogP contribution in [-0.4, -0.2) is 45.8 Å². The molecule has 5 N–H and O–H groups in total. The molecular weight excluding hydrogens is 484 g/mol. The second kappa shape index (κ2) is 9.82. The quantitative estimate of drug-likeness (QED) is 0.455. The summed E-state index contributed by atoms with van der Waals surface area (Å²) in [4.78, 5) is 44.8. The highest BCUT2D eigenvalue weighted by atomic mass is 32.1. The Kier molecular flexibility index (Phi) is 6.80. The molecule has 0 radical (unpaired) electrons. The maximum atomic E-state index is 14.1. The molecule has 1 atom stereocenters. The Hall–Kier alpha value is -4.19. The van der Waals surface area contributed by atoms with Crippen LogP contribution in [0.15, 0.2) is 42.7 Å². The minimum atomic E-state index is -1.12. The third kappa shape index (κ3) is 5.08. The maximum Gasteiger partial charge on any atom is 0.273 e. The first-order chi connectivity index (χ1) is 17.1. The summed E-state index contributed by atoms with van der Waals surface area (Å²) >= 11 is 0.735. The normalized spacial score (nSPS) is 13.5. The number of nitrogens with two attached hydrogens (primary N) is 2. The lowest BCUT2D eigenvalue weighted by atomic mass is 10.0. The number of carbonyl (C=O) groups is 3. The number of fused-ring (bicyclic) bond motifs is 1. The van der Waals surface area contributed by atoms with Gasteiger partial charge in [-0.1, -0.05) is 0 Å². The van der Waals surface area contributed by atoms with Gasteiger partial charge in [0, 0.05) is 29.7 Å². The Labute approximate surface area is 211 Å². The van der Waals surface area contributed by atoms with Crippen molar-refractivity contribution < 1.29 is 23.9 Å². The molecule has 0 spiro atoms. The summed E-state index contributed by atoms with van der Waals surface area (Å²) in [5, 5.41) is 2.95. The van der Waals surface area contributed by atoms with E-state index in [0.717, 1.165) is 11.5 Å². The zero-order chi connectivity index (χ0) is 26.0. The lowest BCUT2D eigenvalue weighted by Crippen LogP contribution is -2.49. The average molecular weight is 511 g/mol. The highest BCUT2D eigenvalue weighted by Gasteiger charge is 2.37. The molecule has 2 aromatic heterocycles. The van der Waals surface area contributed by atoms with E-state index in [-0.39, 0.29) is 16.3 Å². The predicted octanol–water partition coefficient (Wildman–Crippen LogP) is 2.29. The van der Waals surface area contributed by atoms with E-state index in [1.165, 1.54) is 17.3 Å². The first kappa shape index (κ1) is 24.9. The van der Waals surface area contributed by atoms with Gasteiger partial charge in [-0.25, -0.2) is 0 Å². The topological polar surface area (TPSA) is 163 Å². The molecule has 188 valence electrons. The summed E-state index contributed by atoms with van der Waals surface area (Å²) < 4.78 is 15.3. The van der Waals surface area contributed by atoms with Crippen LogP contribution in [0.2, 0.25) is 0 Å². The van der Waals surface area contributed by atoms with Gasteiger partial charge in [-0.3, -0.25) is 24.3 Å². The summed E-state index contributed by atoms with van der Waals surface area (Å²) in [6, 6.07) is 7.11. The van der Waals surface area contributed by atoms with Crippen molar-refractivity contribution in [2.45, 2.75) is 32.4 Å². The Morgan fingerprint density at radius 2 is 1.75 bits per heavy atom. The number of anilines is 2. The van der Waals surface area contributed by atoms with Crippen molar-refractivity contribution in [2.75, 3.05) is 23.8 Å². The number of carbonyl (C=O) groups excluding carboxylic acids is 3. The Morgan fingerprint density at radius 1 is 1.08 bits per heavy atom. The molecule has 3 amide bonds. The maximum absolute atomic E-state index is 14.1. The molecule has 4 rings (SSSR count). The smallest absolute Gasteiger partial charge is 0.273 e. The number of hydrogen-bond acceptors (Lipinski definition) is 9. The van der Waals surface area contributed by atoms with E-state index in [0.29, 0.717) is 36.0 Å². The van der Waals surface area contributed by atoms with Crippen LogP contribution in [0.25, 0.3) is 0 Å². The fraction of sp³-hybridized carbons (Fsp3) is 0.292. The van der Waals surface area contributed by atoms with E-state index >= 15 is 0 Å². The van der Waals surface area contributed by atoms with Gasteiger partial charge in [0.05, 0.1) is 5.69 Å². The van der Waals surface area contributed by atoms with E-state index < -0.39 is 29.3 Å². The summed E-state index contributed by atoms with van der Waals surface area (Å²) in [5.41, 5.74) is 11.4. The van der Waals surface area contributed by atoms with E-state index in [4.69, 9.17) is 20.9 Å². The van der Waals surface area contributed by atoms with Crippen LogP contribution in [0.4, 0.5) is 11.4 Å². The van der Waals surface area contributed by atoms with Gasteiger partial charge >= 0.3 is 0 Å². The number of nitrogen functional groups attached to an aromatic ring is 1. The number of rotatable bonds is 6. The largest absolute Gasteiger partial charge is 0.486 e. The van der Waals surface area contributed by atoms with Crippen LogP contribution in [0.5, 0.6) is 11.5 Å². The lowest BCUT2D eigenvalue weighted by molar-refractivity contribution is -0.123. The third-order valence-corrected chi connectivity index (χ3v) is 6.06. The molecule has 1 aromatic carbocycles. The molecule has 0 saturated heterocycles. The minimum Gasteiger partial charge on any atom is -0.486 e. The van der Waals surface area contributed by atoms with E-state index in [1.54, 1.807) is 30.3 Å². The van der Waals surface area contributed by atoms with Crippen molar-refractivity contribution in [1.29, 1.82) is 0 Å². The van der Waals surface area contributed by atoms with Crippen molar-refractivity contribution in [3.8, 4) is 11.5 Å². The molecule has 0 aliphatic carbocycles. The third-order valence-electron chi connectivity index (χ3n) is 5.20. The fourth-order valence-corrected chi connectivity index (χ4v) is 4.45. The monoisotopic (exact) mass is 510 g/mol. The molecule has 0 bridgehead atoms. The molecule has 1 aliphatic heterocycles. The summed E-state index contributed by atoms with van der Waals surface area (Å²) in [6.07, 6.45) is 3.07. The van der Waals surface area contributed by atoms with Gasteiger partial charge in [0.1, 0.15) is 24.1 Å². The molecule has 0 saturated carbocycles. The predicted molar refractivity (Wildman–Crippen MR) is 134 cm³/mol. The van der Waals surface area contributed by atoms with Crippen LogP contribution >= 0.6 is 11.5 Å². The van der Waals surface area contributed by atoms with Gasteiger partial charge in [0.15, 0.2) is 17.2 Å². The van der Waals surface area contributed by atoms with Crippen molar-refractivity contribution >= 4 is 40.6 Å². The number of hydrogen-bond donors (Lipinski definition) is 3. The van der Waals surface area contributed by atoms with Crippen molar-refractivity contribution in [2.24, 2.45) is 5.73 Å². The summed E-state index contributed by atoms with van der Waals surface area (Å²) in [7, 11) is 0. The van der Waals surface area contributed by atoms with Crippen molar-refractivity contribution in [3.05, 3.63) is 58.9 Å². The summed E-state index contributed by atoms with van der Waals surface area (Å²) in [6.45, 7) is 6.25. The number of primary amides is 1. The van der Waals surface area contributed by atoms with Gasteiger partial charge in [0.25, 0.3) is 11.8 Å². The highest BCUT2D eigenvalue weighted by Crippen LogP contribution is 2.39. The number of nitrogens with zero attached hydrogens (tertiary/aromatic N) is 3. The molecule has 3 heterocycles. The number of ether oxygens (including phenoxy) is 2. The van der Waals surface area contributed by atoms with Crippen LogP contribution in [0.1, 0.15) is 52.5 Å². The molecule has 36 heavy (non-hydrogen) atoms. The van der Waals surface area contributed by atoms with E-state index in [2.05, 4.69) is 14.7 Å². The average Bonchev–Trinajstić information content (AvgIpc) is 3.22. The molecule has 3 aromatic rings. The molecule has 0 fully saturated rings. The first-order valence-corrected chi connectivity index (χ1v) is 11.8. The zero-order valence-electron chi connectivity index (χ0n) is 20.0. The molecule has 1 aliphatic rings. The van der Waals surface area contributed by atoms with Gasteiger partial charge in [0.2, 0.25) is 5.91 Å². The van der Waals surface area contributed by atoms with Crippen LogP contribution in [0.3, 0.4) is 0 Å². The van der Waals surface area contributed by atoms with Crippen LogP contribution in [0, 0.1) is 0 Å². The zero-order valence-corrected chi connectivity index (χ0v) is 20.8. The van der Waals surface area contributed by atoms with Crippen molar-refractivity contribution in [1.82, 2.24) is 14.7 Å². The van der Waals surface area contributed by atoms with Gasteiger partial charge in [-0.05, 0) is 62.1 Å². The number of benzene rings is 1.